The van der Waals surface area contributed by atoms with Gasteiger partial charge in [-0.1, -0.05) is 12.1 Å². The van der Waals surface area contributed by atoms with Crippen LogP contribution in [0.1, 0.15) is 31.4 Å². The number of piperidine rings is 1. The van der Waals surface area contributed by atoms with Crippen LogP contribution >= 0.6 is 24.0 Å². The van der Waals surface area contributed by atoms with E-state index in [4.69, 9.17) is 15.2 Å². The summed E-state index contributed by atoms with van der Waals surface area (Å²) in [5.74, 6) is 1.27. The molecular formula is C20H34IN5O3. The number of methoxy groups -OCH3 is 1. The maximum Gasteiger partial charge on any atom is 0.409 e. The van der Waals surface area contributed by atoms with Crippen molar-refractivity contribution in [3.05, 3.63) is 29.8 Å². The highest BCUT2D eigenvalue weighted by atomic mass is 127. The Balaban J connectivity index is 0.00000420. The van der Waals surface area contributed by atoms with Gasteiger partial charge in [0.15, 0.2) is 5.96 Å². The number of nitrogens with one attached hydrogen (secondary N) is 1. The van der Waals surface area contributed by atoms with Crippen LogP contribution in [-0.4, -0.2) is 75.3 Å². The molecule has 0 bridgehead atoms. The van der Waals surface area contributed by atoms with E-state index in [9.17, 15) is 4.79 Å². The standard InChI is InChI=1S/C20H33N5O3.HI/c1-5-28-20(26)25-12-10-16(11-13-25)23-19(21)22-14-18(24(2)3)15-6-8-17(27-4)9-7-15;/h6-9,16,18H,5,10-14H2,1-4H3,(H3,21,22,23);1H. The topological polar surface area (TPSA) is 92.4 Å². The van der Waals surface area contributed by atoms with E-state index in [2.05, 4.69) is 15.2 Å². The number of hydrogen-bond donors (Lipinski definition) is 2. The number of ether oxygens (including phenoxy) is 2. The minimum atomic E-state index is -0.240. The van der Waals surface area contributed by atoms with Crippen molar-refractivity contribution in [3.8, 4) is 5.75 Å². The van der Waals surface area contributed by atoms with E-state index >= 15 is 0 Å². The van der Waals surface area contributed by atoms with Gasteiger partial charge in [-0.25, -0.2) is 4.79 Å². The van der Waals surface area contributed by atoms with Crippen LogP contribution in [0.5, 0.6) is 5.75 Å². The van der Waals surface area contributed by atoms with Crippen LogP contribution in [0.25, 0.3) is 0 Å². The van der Waals surface area contributed by atoms with Crippen molar-refractivity contribution in [2.45, 2.75) is 31.8 Å². The van der Waals surface area contributed by atoms with Crippen LogP contribution in [0.3, 0.4) is 0 Å². The van der Waals surface area contributed by atoms with Crippen molar-refractivity contribution in [2.24, 2.45) is 10.7 Å². The zero-order chi connectivity index (χ0) is 20.5. The number of carbonyl (C=O) groups is 1. The second-order valence-corrected chi connectivity index (χ2v) is 7.08. The lowest BCUT2D eigenvalue weighted by molar-refractivity contribution is 0.0963. The molecule has 0 aliphatic carbocycles. The summed E-state index contributed by atoms with van der Waals surface area (Å²) in [5, 5.41) is 3.28. The van der Waals surface area contributed by atoms with Crippen molar-refractivity contribution >= 4 is 36.0 Å². The number of aliphatic imine (C=N–C) groups is 1. The van der Waals surface area contributed by atoms with E-state index in [0.717, 1.165) is 24.2 Å². The molecule has 164 valence electrons. The summed E-state index contributed by atoms with van der Waals surface area (Å²) in [6.45, 7) is 4.10. The molecule has 3 N–H and O–H groups in total. The fraction of sp³-hybridized carbons (Fsp3) is 0.600. The molecule has 2 rings (SSSR count). The van der Waals surface area contributed by atoms with Crippen molar-refractivity contribution in [1.29, 1.82) is 0 Å². The Labute approximate surface area is 190 Å². The first-order chi connectivity index (χ1) is 13.4. The predicted molar refractivity (Wildman–Crippen MR) is 126 cm³/mol. The highest BCUT2D eigenvalue weighted by molar-refractivity contribution is 14.0. The molecule has 1 amide bonds. The zero-order valence-electron chi connectivity index (χ0n) is 17.8. The summed E-state index contributed by atoms with van der Waals surface area (Å²) in [4.78, 5) is 20.2. The van der Waals surface area contributed by atoms with Gasteiger partial charge in [0.2, 0.25) is 0 Å². The Morgan fingerprint density at radius 3 is 2.45 bits per heavy atom. The number of amides is 1. The smallest absolute Gasteiger partial charge is 0.409 e. The van der Waals surface area contributed by atoms with Crippen molar-refractivity contribution in [2.75, 3.05) is 47.4 Å². The molecule has 1 aliphatic heterocycles. The van der Waals surface area contributed by atoms with Crippen LogP contribution in [-0.2, 0) is 4.74 Å². The molecule has 1 saturated heterocycles. The predicted octanol–water partition coefficient (Wildman–Crippen LogP) is 2.44. The van der Waals surface area contributed by atoms with Crippen LogP contribution in [0, 0.1) is 0 Å². The second kappa shape index (κ2) is 12.7. The average Bonchev–Trinajstić information content (AvgIpc) is 2.69. The van der Waals surface area contributed by atoms with Gasteiger partial charge in [0.25, 0.3) is 0 Å². The van der Waals surface area contributed by atoms with Gasteiger partial charge < -0.3 is 30.3 Å². The molecule has 1 aromatic rings. The molecule has 29 heavy (non-hydrogen) atoms. The fourth-order valence-corrected chi connectivity index (χ4v) is 3.25. The van der Waals surface area contributed by atoms with E-state index in [1.807, 2.05) is 45.3 Å². The third-order valence-electron chi connectivity index (χ3n) is 4.93. The van der Waals surface area contributed by atoms with Gasteiger partial charge in [0.1, 0.15) is 5.75 Å². The molecule has 0 spiro atoms. The zero-order valence-corrected chi connectivity index (χ0v) is 20.1. The fourth-order valence-electron chi connectivity index (χ4n) is 3.25. The lowest BCUT2D eigenvalue weighted by Crippen LogP contribution is -2.48. The number of rotatable bonds is 7. The van der Waals surface area contributed by atoms with Gasteiger partial charge in [-0.15, -0.1) is 24.0 Å². The molecule has 0 saturated carbocycles. The minimum absolute atomic E-state index is 0. The van der Waals surface area contributed by atoms with Gasteiger partial charge in [0.05, 0.1) is 26.3 Å². The molecule has 1 unspecified atom stereocenters. The van der Waals surface area contributed by atoms with Gasteiger partial charge in [0, 0.05) is 19.1 Å². The monoisotopic (exact) mass is 519 g/mol. The lowest BCUT2D eigenvalue weighted by atomic mass is 10.1. The summed E-state index contributed by atoms with van der Waals surface area (Å²) in [7, 11) is 5.71. The number of nitrogens with two attached hydrogens (primary N) is 1. The first-order valence-electron chi connectivity index (χ1n) is 9.73. The molecule has 0 aromatic heterocycles. The number of likely N-dealkylation sites (tertiary alicyclic amines) is 1. The molecule has 1 fully saturated rings. The number of benzene rings is 1. The lowest BCUT2D eigenvalue weighted by Gasteiger charge is -2.32. The maximum atomic E-state index is 11.8. The average molecular weight is 519 g/mol. The maximum absolute atomic E-state index is 11.8. The quantitative estimate of drug-likeness (QED) is 0.327. The number of carbonyl (C=O) groups excluding carboxylic acids is 1. The number of hydrogen-bond acceptors (Lipinski definition) is 5. The Morgan fingerprint density at radius 2 is 1.93 bits per heavy atom. The third kappa shape index (κ3) is 7.88. The highest BCUT2D eigenvalue weighted by Crippen LogP contribution is 2.21. The number of guanidine groups is 1. The molecular weight excluding hydrogens is 485 g/mol. The van der Waals surface area contributed by atoms with Crippen molar-refractivity contribution in [1.82, 2.24) is 15.1 Å². The van der Waals surface area contributed by atoms with E-state index in [-0.39, 0.29) is 42.2 Å². The number of nitrogens with zero attached hydrogens (tertiary/aromatic N) is 3. The van der Waals surface area contributed by atoms with E-state index in [1.165, 1.54) is 0 Å². The molecule has 1 heterocycles. The summed E-state index contributed by atoms with van der Waals surface area (Å²) in [6, 6.07) is 8.34. The molecule has 8 nitrogen and oxygen atoms in total. The Hall–Kier alpha value is -1.75. The van der Waals surface area contributed by atoms with Crippen molar-refractivity contribution in [3.63, 3.8) is 0 Å². The molecule has 1 atom stereocenters. The van der Waals surface area contributed by atoms with Crippen LogP contribution < -0.4 is 15.8 Å². The Bertz CT molecular complexity index is 646. The summed E-state index contributed by atoms with van der Waals surface area (Å²) in [6.07, 6.45) is 1.41. The van der Waals surface area contributed by atoms with Gasteiger partial charge in [-0.3, -0.25) is 4.99 Å². The molecule has 1 aromatic carbocycles. The first kappa shape index (κ1) is 25.3. The van der Waals surface area contributed by atoms with Crippen LogP contribution in [0.2, 0.25) is 0 Å². The molecule has 1 aliphatic rings. The summed E-state index contributed by atoms with van der Waals surface area (Å²) < 4.78 is 10.3. The normalized spacial score (nSPS) is 16.2. The first-order valence-corrected chi connectivity index (χ1v) is 9.73. The Kier molecular flexibility index (Phi) is 11.1. The van der Waals surface area contributed by atoms with Gasteiger partial charge in [-0.05, 0) is 51.6 Å². The summed E-state index contributed by atoms with van der Waals surface area (Å²) in [5.41, 5.74) is 7.27. The van der Waals surface area contributed by atoms with E-state index < -0.39 is 0 Å². The van der Waals surface area contributed by atoms with Crippen LogP contribution in [0.15, 0.2) is 29.3 Å². The number of likely N-dealkylation sites (N-methyl/N-ethyl adjacent to an activating group) is 1. The Morgan fingerprint density at radius 1 is 1.31 bits per heavy atom. The number of halogens is 1. The minimum Gasteiger partial charge on any atom is -0.497 e. The molecule has 9 heteroatoms. The SMILES string of the molecule is CCOC(=O)N1CCC(NC(N)=NCC(c2ccc(OC)cc2)N(C)C)CC1.I. The summed E-state index contributed by atoms with van der Waals surface area (Å²) >= 11 is 0. The van der Waals surface area contributed by atoms with E-state index in [0.29, 0.717) is 32.2 Å². The largest absolute Gasteiger partial charge is 0.497 e. The second-order valence-electron chi connectivity index (χ2n) is 7.08. The van der Waals surface area contributed by atoms with E-state index in [1.54, 1.807) is 12.0 Å². The van der Waals surface area contributed by atoms with Gasteiger partial charge >= 0.3 is 6.09 Å². The highest BCUT2D eigenvalue weighted by Gasteiger charge is 2.23. The molecule has 0 radical (unpaired) electrons. The van der Waals surface area contributed by atoms with Gasteiger partial charge in [-0.2, -0.15) is 0 Å². The van der Waals surface area contributed by atoms with Crippen molar-refractivity contribution < 1.29 is 14.3 Å². The van der Waals surface area contributed by atoms with Crippen LogP contribution in [0.4, 0.5) is 4.79 Å². The third-order valence-corrected chi connectivity index (χ3v) is 4.93.